The van der Waals surface area contributed by atoms with Gasteiger partial charge in [0, 0.05) is 33.6 Å². The monoisotopic (exact) mass is 331 g/mol. The van der Waals surface area contributed by atoms with E-state index in [1.165, 1.54) is 0 Å². The van der Waals surface area contributed by atoms with Gasteiger partial charge in [-0.1, -0.05) is 30.3 Å². The van der Waals surface area contributed by atoms with Crippen LogP contribution >= 0.6 is 0 Å². The molecule has 5 heteroatoms. The molecular formula is C19H29N3O2. The van der Waals surface area contributed by atoms with Crippen molar-refractivity contribution in [3.63, 3.8) is 0 Å². The number of likely N-dealkylation sites (N-methyl/N-ethyl adjacent to an activating group) is 1. The Morgan fingerprint density at radius 3 is 2.25 bits per heavy atom. The summed E-state index contributed by atoms with van der Waals surface area (Å²) in [6.45, 7) is 4.20. The fraction of sp³-hybridized carbons (Fsp3) is 0.579. The quantitative estimate of drug-likeness (QED) is 0.827. The summed E-state index contributed by atoms with van der Waals surface area (Å²) < 4.78 is 0. The summed E-state index contributed by atoms with van der Waals surface area (Å²) in [5, 5.41) is 0. The molecule has 132 valence electrons. The van der Waals surface area contributed by atoms with E-state index in [4.69, 9.17) is 0 Å². The van der Waals surface area contributed by atoms with Gasteiger partial charge < -0.3 is 9.80 Å². The normalized spacial score (nSPS) is 17.3. The van der Waals surface area contributed by atoms with E-state index in [1.54, 1.807) is 23.9 Å². The minimum absolute atomic E-state index is 0.0978. The topological polar surface area (TPSA) is 43.9 Å². The Labute approximate surface area is 145 Å². The fourth-order valence-electron chi connectivity index (χ4n) is 3.31. The van der Waals surface area contributed by atoms with E-state index in [9.17, 15) is 9.59 Å². The molecule has 1 aromatic carbocycles. The van der Waals surface area contributed by atoms with Crippen LogP contribution in [0, 0.1) is 5.92 Å². The third-order valence-corrected chi connectivity index (χ3v) is 4.86. The highest BCUT2D eigenvalue weighted by Gasteiger charge is 2.31. The van der Waals surface area contributed by atoms with Gasteiger partial charge >= 0.3 is 0 Å². The molecule has 0 radical (unpaired) electrons. The number of benzene rings is 1. The number of hydrogen-bond acceptors (Lipinski definition) is 3. The van der Waals surface area contributed by atoms with Gasteiger partial charge in [0.15, 0.2) is 0 Å². The van der Waals surface area contributed by atoms with Crippen LogP contribution in [0.25, 0.3) is 0 Å². The lowest BCUT2D eigenvalue weighted by molar-refractivity contribution is -0.137. The van der Waals surface area contributed by atoms with E-state index >= 15 is 0 Å². The Kier molecular flexibility index (Phi) is 6.37. The van der Waals surface area contributed by atoms with Crippen molar-refractivity contribution in [3.8, 4) is 0 Å². The molecule has 1 saturated heterocycles. The van der Waals surface area contributed by atoms with Crippen molar-refractivity contribution in [2.24, 2.45) is 5.92 Å². The minimum Gasteiger partial charge on any atom is -0.349 e. The molecule has 1 aromatic rings. The van der Waals surface area contributed by atoms with Crippen molar-refractivity contribution in [2.45, 2.75) is 32.4 Å². The SMILES string of the molecule is CC(C(=O)N(C)Cc1ccccc1)N1CCC(C(=O)N(C)C)CC1. The Morgan fingerprint density at radius 2 is 1.71 bits per heavy atom. The summed E-state index contributed by atoms with van der Waals surface area (Å²) in [4.78, 5) is 30.4. The van der Waals surface area contributed by atoms with Crippen molar-refractivity contribution in [2.75, 3.05) is 34.2 Å². The summed E-state index contributed by atoms with van der Waals surface area (Å²) in [5.74, 6) is 0.437. The molecule has 1 atom stereocenters. The number of hydrogen-bond donors (Lipinski definition) is 0. The number of carbonyl (C=O) groups excluding carboxylic acids is 2. The average molecular weight is 331 g/mol. The Hall–Kier alpha value is -1.88. The maximum absolute atomic E-state index is 12.7. The molecule has 0 N–H and O–H groups in total. The first-order valence-electron chi connectivity index (χ1n) is 8.64. The second-order valence-corrected chi connectivity index (χ2v) is 6.90. The van der Waals surface area contributed by atoms with Gasteiger partial charge in [-0.3, -0.25) is 14.5 Å². The van der Waals surface area contributed by atoms with Crippen LogP contribution in [0.4, 0.5) is 0 Å². The zero-order chi connectivity index (χ0) is 17.7. The van der Waals surface area contributed by atoms with Crippen LogP contribution in [0.15, 0.2) is 30.3 Å². The molecule has 1 fully saturated rings. The fourth-order valence-corrected chi connectivity index (χ4v) is 3.31. The van der Waals surface area contributed by atoms with Crippen LogP contribution in [-0.2, 0) is 16.1 Å². The summed E-state index contributed by atoms with van der Waals surface area (Å²) in [5.41, 5.74) is 1.14. The maximum atomic E-state index is 12.7. The van der Waals surface area contributed by atoms with E-state index in [2.05, 4.69) is 4.90 Å². The summed E-state index contributed by atoms with van der Waals surface area (Å²) in [6, 6.07) is 9.88. The Bertz CT molecular complexity index is 551. The van der Waals surface area contributed by atoms with Gasteiger partial charge in [0.05, 0.1) is 6.04 Å². The van der Waals surface area contributed by atoms with Gasteiger partial charge in [-0.25, -0.2) is 0 Å². The molecule has 1 heterocycles. The minimum atomic E-state index is -0.144. The van der Waals surface area contributed by atoms with Crippen LogP contribution in [0.3, 0.4) is 0 Å². The first kappa shape index (κ1) is 18.5. The van der Waals surface area contributed by atoms with Gasteiger partial charge in [0.1, 0.15) is 0 Å². The number of rotatable bonds is 5. The molecule has 1 aliphatic heterocycles. The molecule has 0 saturated carbocycles. The predicted octanol–water partition coefficient (Wildman–Crippen LogP) is 1.83. The van der Waals surface area contributed by atoms with Crippen molar-refractivity contribution >= 4 is 11.8 Å². The number of nitrogens with zero attached hydrogens (tertiary/aromatic N) is 3. The van der Waals surface area contributed by atoms with Crippen LogP contribution in [-0.4, -0.2) is 66.8 Å². The molecule has 2 amide bonds. The van der Waals surface area contributed by atoms with E-state index < -0.39 is 0 Å². The summed E-state index contributed by atoms with van der Waals surface area (Å²) in [6.07, 6.45) is 1.66. The highest BCUT2D eigenvalue weighted by molar-refractivity contribution is 5.81. The van der Waals surface area contributed by atoms with Crippen molar-refractivity contribution in [1.82, 2.24) is 14.7 Å². The molecule has 1 unspecified atom stereocenters. The molecule has 0 spiro atoms. The Morgan fingerprint density at radius 1 is 1.12 bits per heavy atom. The van der Waals surface area contributed by atoms with Crippen LogP contribution < -0.4 is 0 Å². The second kappa shape index (κ2) is 8.29. The first-order chi connectivity index (χ1) is 11.4. The molecule has 0 aromatic heterocycles. The Balaban J connectivity index is 1.86. The highest BCUT2D eigenvalue weighted by Crippen LogP contribution is 2.21. The second-order valence-electron chi connectivity index (χ2n) is 6.90. The summed E-state index contributed by atoms with van der Waals surface area (Å²) >= 11 is 0. The van der Waals surface area contributed by atoms with E-state index in [1.807, 2.05) is 44.3 Å². The van der Waals surface area contributed by atoms with Crippen molar-refractivity contribution in [1.29, 1.82) is 0 Å². The standard InChI is InChI=1S/C19H29N3O2/c1-15(18(23)21(4)14-16-8-6-5-7-9-16)22-12-10-17(11-13-22)19(24)20(2)3/h5-9,15,17H,10-14H2,1-4H3. The van der Waals surface area contributed by atoms with Crippen molar-refractivity contribution in [3.05, 3.63) is 35.9 Å². The highest BCUT2D eigenvalue weighted by atomic mass is 16.2. The van der Waals surface area contributed by atoms with Crippen LogP contribution in [0.1, 0.15) is 25.3 Å². The lowest BCUT2D eigenvalue weighted by Gasteiger charge is -2.36. The first-order valence-corrected chi connectivity index (χ1v) is 8.64. The summed E-state index contributed by atoms with van der Waals surface area (Å²) in [7, 11) is 5.47. The maximum Gasteiger partial charge on any atom is 0.239 e. The van der Waals surface area contributed by atoms with Gasteiger partial charge in [-0.05, 0) is 38.4 Å². The van der Waals surface area contributed by atoms with Gasteiger partial charge in [-0.2, -0.15) is 0 Å². The van der Waals surface area contributed by atoms with Gasteiger partial charge in [0.25, 0.3) is 0 Å². The zero-order valence-electron chi connectivity index (χ0n) is 15.2. The molecule has 1 aliphatic rings. The lowest BCUT2D eigenvalue weighted by atomic mass is 9.94. The molecule has 5 nitrogen and oxygen atoms in total. The smallest absolute Gasteiger partial charge is 0.239 e. The predicted molar refractivity (Wildman–Crippen MR) is 95.4 cm³/mol. The number of piperidine rings is 1. The molecule has 0 bridgehead atoms. The lowest BCUT2D eigenvalue weighted by Crippen LogP contribution is -2.49. The zero-order valence-corrected chi connectivity index (χ0v) is 15.2. The largest absolute Gasteiger partial charge is 0.349 e. The third-order valence-electron chi connectivity index (χ3n) is 4.86. The number of carbonyl (C=O) groups is 2. The molecule has 2 rings (SSSR count). The van der Waals surface area contributed by atoms with E-state index in [-0.39, 0.29) is 23.8 Å². The van der Waals surface area contributed by atoms with E-state index in [0.29, 0.717) is 6.54 Å². The number of likely N-dealkylation sites (tertiary alicyclic amines) is 1. The van der Waals surface area contributed by atoms with E-state index in [0.717, 1.165) is 31.5 Å². The van der Waals surface area contributed by atoms with Gasteiger partial charge in [-0.15, -0.1) is 0 Å². The van der Waals surface area contributed by atoms with Crippen LogP contribution in [0.2, 0.25) is 0 Å². The van der Waals surface area contributed by atoms with Crippen molar-refractivity contribution < 1.29 is 9.59 Å². The molecule has 0 aliphatic carbocycles. The third kappa shape index (κ3) is 4.57. The van der Waals surface area contributed by atoms with Gasteiger partial charge in [0.2, 0.25) is 11.8 Å². The molecular weight excluding hydrogens is 302 g/mol. The molecule has 24 heavy (non-hydrogen) atoms. The average Bonchev–Trinajstić information content (AvgIpc) is 2.60. The van der Waals surface area contributed by atoms with Crippen LogP contribution in [0.5, 0.6) is 0 Å². The number of amides is 2.